The van der Waals surface area contributed by atoms with Crippen LogP contribution in [0.5, 0.6) is 5.75 Å². The number of benzene rings is 2. The SMILES string of the molecule is C[C@H](Oc1ccc(Cl)c2ncccc12)C(=O)N1CCN(C(=O)c2ccccc2)C[C@H]1C. The first kappa shape index (κ1) is 21.1. The molecule has 2 atom stereocenters. The summed E-state index contributed by atoms with van der Waals surface area (Å²) in [4.78, 5) is 33.7. The van der Waals surface area contributed by atoms with Crippen molar-refractivity contribution in [2.75, 3.05) is 19.6 Å². The minimum Gasteiger partial charge on any atom is -0.480 e. The summed E-state index contributed by atoms with van der Waals surface area (Å²) < 4.78 is 6.02. The third-order valence-corrected chi connectivity index (χ3v) is 5.86. The Labute approximate surface area is 186 Å². The number of amides is 2. The van der Waals surface area contributed by atoms with Crippen LogP contribution in [0.3, 0.4) is 0 Å². The number of carbonyl (C=O) groups excluding carboxylic acids is 2. The molecule has 0 spiro atoms. The van der Waals surface area contributed by atoms with Gasteiger partial charge in [-0.25, -0.2) is 0 Å². The summed E-state index contributed by atoms with van der Waals surface area (Å²) in [5, 5.41) is 1.30. The normalized spacial score (nSPS) is 17.5. The van der Waals surface area contributed by atoms with Gasteiger partial charge in [-0.05, 0) is 50.2 Å². The minimum atomic E-state index is -0.677. The molecule has 2 aromatic carbocycles. The molecule has 7 heteroatoms. The number of carbonyl (C=O) groups is 2. The van der Waals surface area contributed by atoms with Crippen LogP contribution in [0.1, 0.15) is 24.2 Å². The zero-order chi connectivity index (χ0) is 22.0. The maximum Gasteiger partial charge on any atom is 0.263 e. The first-order valence-corrected chi connectivity index (χ1v) is 10.7. The van der Waals surface area contributed by atoms with Crippen molar-refractivity contribution in [3.63, 3.8) is 0 Å². The van der Waals surface area contributed by atoms with Gasteiger partial charge in [-0.15, -0.1) is 0 Å². The molecule has 1 aliphatic rings. The van der Waals surface area contributed by atoms with E-state index in [0.29, 0.717) is 41.5 Å². The highest BCUT2D eigenvalue weighted by Crippen LogP contribution is 2.30. The van der Waals surface area contributed by atoms with Crippen LogP contribution in [0, 0.1) is 0 Å². The van der Waals surface area contributed by atoms with Crippen molar-refractivity contribution in [2.45, 2.75) is 26.0 Å². The Kier molecular flexibility index (Phi) is 6.09. The number of rotatable bonds is 4. The van der Waals surface area contributed by atoms with Crippen molar-refractivity contribution >= 4 is 34.3 Å². The fourth-order valence-corrected chi connectivity index (χ4v) is 4.14. The number of hydrogen-bond donors (Lipinski definition) is 0. The van der Waals surface area contributed by atoms with E-state index in [1.807, 2.05) is 49.4 Å². The monoisotopic (exact) mass is 437 g/mol. The molecule has 3 aromatic rings. The zero-order valence-electron chi connectivity index (χ0n) is 17.5. The molecule has 160 valence electrons. The third-order valence-electron chi connectivity index (χ3n) is 5.55. The number of pyridine rings is 1. The maximum atomic E-state index is 13.1. The number of nitrogens with zero attached hydrogens (tertiary/aromatic N) is 3. The third kappa shape index (κ3) is 4.35. The molecule has 0 unspecified atom stereocenters. The fourth-order valence-electron chi connectivity index (χ4n) is 3.92. The van der Waals surface area contributed by atoms with Crippen molar-refractivity contribution < 1.29 is 14.3 Å². The topological polar surface area (TPSA) is 62.7 Å². The highest BCUT2D eigenvalue weighted by molar-refractivity contribution is 6.35. The summed E-state index contributed by atoms with van der Waals surface area (Å²) in [5.74, 6) is 0.453. The van der Waals surface area contributed by atoms with E-state index in [1.54, 1.807) is 35.1 Å². The molecule has 1 aromatic heterocycles. The van der Waals surface area contributed by atoms with E-state index in [4.69, 9.17) is 16.3 Å². The lowest BCUT2D eigenvalue weighted by Gasteiger charge is -2.40. The summed E-state index contributed by atoms with van der Waals surface area (Å²) in [6.07, 6.45) is 0.994. The Morgan fingerprint density at radius 1 is 1.10 bits per heavy atom. The smallest absolute Gasteiger partial charge is 0.263 e. The predicted molar refractivity (Wildman–Crippen MR) is 120 cm³/mol. The van der Waals surface area contributed by atoms with E-state index >= 15 is 0 Å². The second-order valence-corrected chi connectivity index (χ2v) is 8.11. The number of piperazine rings is 1. The fraction of sp³-hybridized carbons (Fsp3) is 0.292. The van der Waals surface area contributed by atoms with Gasteiger partial charge in [-0.3, -0.25) is 14.6 Å². The van der Waals surface area contributed by atoms with Crippen LogP contribution in [0.15, 0.2) is 60.8 Å². The number of halogens is 1. The molecule has 2 amide bonds. The molecule has 4 rings (SSSR count). The Morgan fingerprint density at radius 2 is 1.87 bits per heavy atom. The van der Waals surface area contributed by atoms with Crippen molar-refractivity contribution in [3.8, 4) is 5.75 Å². The van der Waals surface area contributed by atoms with Crippen LogP contribution >= 0.6 is 11.6 Å². The molecule has 0 bridgehead atoms. The summed E-state index contributed by atoms with van der Waals surface area (Å²) in [5.41, 5.74) is 1.30. The first-order chi connectivity index (χ1) is 15.0. The number of hydrogen-bond acceptors (Lipinski definition) is 4. The molecular weight excluding hydrogens is 414 g/mol. The Hall–Kier alpha value is -3.12. The second kappa shape index (κ2) is 8.94. The van der Waals surface area contributed by atoms with Gasteiger partial charge in [-0.2, -0.15) is 0 Å². The predicted octanol–water partition coefficient (Wildman–Crippen LogP) is 4.03. The average Bonchev–Trinajstić information content (AvgIpc) is 2.80. The van der Waals surface area contributed by atoms with Crippen molar-refractivity contribution in [1.29, 1.82) is 0 Å². The Bertz CT molecular complexity index is 1110. The van der Waals surface area contributed by atoms with Gasteiger partial charge in [0.2, 0.25) is 0 Å². The molecule has 0 N–H and O–H groups in total. The van der Waals surface area contributed by atoms with E-state index < -0.39 is 6.10 Å². The largest absolute Gasteiger partial charge is 0.480 e. The Morgan fingerprint density at radius 3 is 2.61 bits per heavy atom. The van der Waals surface area contributed by atoms with Gasteiger partial charge in [0.15, 0.2) is 6.10 Å². The summed E-state index contributed by atoms with van der Waals surface area (Å²) in [7, 11) is 0. The second-order valence-electron chi connectivity index (χ2n) is 7.70. The van der Waals surface area contributed by atoms with Crippen molar-refractivity contribution in [1.82, 2.24) is 14.8 Å². The number of fused-ring (bicyclic) bond motifs is 1. The van der Waals surface area contributed by atoms with E-state index in [-0.39, 0.29) is 17.9 Å². The van der Waals surface area contributed by atoms with Crippen molar-refractivity contribution in [3.05, 3.63) is 71.4 Å². The molecule has 6 nitrogen and oxygen atoms in total. The Balaban J connectivity index is 1.43. The van der Waals surface area contributed by atoms with Gasteiger partial charge < -0.3 is 14.5 Å². The standard InChI is InChI=1S/C24H24ClN3O3/c1-16-15-27(24(30)18-7-4-3-5-8-18)13-14-28(16)23(29)17(2)31-21-11-10-20(25)22-19(21)9-6-12-26-22/h3-12,16-17H,13-15H2,1-2H3/t16-,17+/m1/s1. The van der Waals surface area contributed by atoms with Crippen LogP contribution in [0.2, 0.25) is 5.02 Å². The lowest BCUT2D eigenvalue weighted by molar-refractivity contribution is -0.142. The van der Waals surface area contributed by atoms with Gasteiger partial charge >= 0.3 is 0 Å². The zero-order valence-corrected chi connectivity index (χ0v) is 18.2. The van der Waals surface area contributed by atoms with Crippen LogP contribution in [0.4, 0.5) is 0 Å². The lowest BCUT2D eigenvalue weighted by atomic mass is 10.1. The average molecular weight is 438 g/mol. The first-order valence-electron chi connectivity index (χ1n) is 10.3. The molecular formula is C24H24ClN3O3. The lowest BCUT2D eigenvalue weighted by Crippen LogP contribution is -2.57. The molecule has 0 aliphatic carbocycles. The van der Waals surface area contributed by atoms with Gasteiger partial charge in [0, 0.05) is 42.8 Å². The van der Waals surface area contributed by atoms with Crippen LogP contribution in [-0.4, -0.2) is 58.4 Å². The van der Waals surface area contributed by atoms with Gasteiger partial charge in [0.05, 0.1) is 10.5 Å². The van der Waals surface area contributed by atoms with E-state index in [0.717, 1.165) is 5.39 Å². The summed E-state index contributed by atoms with van der Waals surface area (Å²) in [6.45, 7) is 5.14. The molecule has 1 fully saturated rings. The van der Waals surface area contributed by atoms with Gasteiger partial charge in [0.1, 0.15) is 5.75 Å². The minimum absolute atomic E-state index is 0.0102. The van der Waals surface area contributed by atoms with Gasteiger partial charge in [0.25, 0.3) is 11.8 Å². The molecule has 1 saturated heterocycles. The molecule has 0 radical (unpaired) electrons. The summed E-state index contributed by atoms with van der Waals surface area (Å²) in [6, 6.07) is 16.3. The van der Waals surface area contributed by atoms with Crippen LogP contribution in [-0.2, 0) is 4.79 Å². The highest BCUT2D eigenvalue weighted by atomic mass is 35.5. The van der Waals surface area contributed by atoms with E-state index in [9.17, 15) is 9.59 Å². The molecule has 31 heavy (non-hydrogen) atoms. The molecule has 0 saturated carbocycles. The highest BCUT2D eigenvalue weighted by Gasteiger charge is 2.33. The van der Waals surface area contributed by atoms with Crippen molar-refractivity contribution in [2.24, 2.45) is 0 Å². The number of ether oxygens (including phenoxy) is 1. The van der Waals surface area contributed by atoms with Gasteiger partial charge in [-0.1, -0.05) is 29.8 Å². The quantitative estimate of drug-likeness (QED) is 0.618. The maximum absolute atomic E-state index is 13.1. The molecule has 2 heterocycles. The van der Waals surface area contributed by atoms with Crippen LogP contribution < -0.4 is 4.74 Å². The van der Waals surface area contributed by atoms with E-state index in [2.05, 4.69) is 4.98 Å². The summed E-state index contributed by atoms with van der Waals surface area (Å²) >= 11 is 6.23. The van der Waals surface area contributed by atoms with E-state index in [1.165, 1.54) is 0 Å². The molecule has 1 aliphatic heterocycles. The van der Waals surface area contributed by atoms with Crippen LogP contribution in [0.25, 0.3) is 10.9 Å². The number of aromatic nitrogens is 1.